The van der Waals surface area contributed by atoms with E-state index in [2.05, 4.69) is 0 Å². The number of hydrogen-bond donors (Lipinski definition) is 4. The van der Waals surface area contributed by atoms with Gasteiger partial charge in [-0.15, -0.1) is 0 Å². The largest absolute Gasteiger partial charge is 0.508 e. The van der Waals surface area contributed by atoms with Crippen LogP contribution < -0.4 is 0 Å². The summed E-state index contributed by atoms with van der Waals surface area (Å²) in [5.41, 5.74) is 0.792. The minimum atomic E-state index is -1.17. The molecule has 2 aliphatic heterocycles. The van der Waals surface area contributed by atoms with Crippen molar-refractivity contribution in [3.05, 3.63) is 23.5 Å². The van der Waals surface area contributed by atoms with E-state index in [4.69, 9.17) is 9.47 Å². The minimum Gasteiger partial charge on any atom is -0.508 e. The van der Waals surface area contributed by atoms with Crippen molar-refractivity contribution in [2.24, 2.45) is 11.8 Å². The van der Waals surface area contributed by atoms with Crippen LogP contribution in [-0.4, -0.2) is 69.4 Å². The maximum atomic E-state index is 12.3. The Morgan fingerprint density at radius 3 is 2.66 bits per heavy atom. The summed E-state index contributed by atoms with van der Waals surface area (Å²) in [5, 5.41) is 40.7. The van der Waals surface area contributed by atoms with Gasteiger partial charge in [0.05, 0.1) is 37.1 Å². The van der Waals surface area contributed by atoms with Gasteiger partial charge in [0.25, 0.3) is 0 Å². The lowest BCUT2D eigenvalue weighted by atomic mass is 9.85. The van der Waals surface area contributed by atoms with Gasteiger partial charge in [-0.2, -0.15) is 0 Å². The first-order chi connectivity index (χ1) is 13.8. The van der Waals surface area contributed by atoms with Crippen LogP contribution >= 0.6 is 0 Å². The average Bonchev–Trinajstić information content (AvgIpc) is 3.46. The lowest BCUT2D eigenvalue weighted by molar-refractivity contribution is -0.169. The molecular weight excluding hydrogens is 376 g/mol. The number of carbonyl (C=O) groups is 1. The van der Waals surface area contributed by atoms with Crippen LogP contribution in [0.15, 0.2) is 23.5 Å². The second-order valence-corrected chi connectivity index (χ2v) is 8.76. The van der Waals surface area contributed by atoms with Crippen molar-refractivity contribution >= 4 is 5.78 Å². The quantitative estimate of drug-likeness (QED) is 0.274. The number of aliphatic hydroxyl groups excluding tert-OH is 4. The third kappa shape index (κ3) is 5.67. The van der Waals surface area contributed by atoms with Crippen LogP contribution in [0.5, 0.6) is 0 Å². The number of allylic oxidation sites excluding steroid dienone is 3. The third-order valence-electron chi connectivity index (χ3n) is 6.49. The highest BCUT2D eigenvalue weighted by molar-refractivity contribution is 5.91. The average molecular weight is 411 g/mol. The van der Waals surface area contributed by atoms with Gasteiger partial charge in [-0.1, -0.05) is 13.0 Å². The Kier molecular flexibility index (Phi) is 7.51. The van der Waals surface area contributed by atoms with Gasteiger partial charge in [0.15, 0.2) is 5.78 Å². The van der Waals surface area contributed by atoms with Gasteiger partial charge < -0.3 is 29.9 Å². The Bertz CT molecular complexity index is 641. The molecule has 7 nitrogen and oxygen atoms in total. The second kappa shape index (κ2) is 9.71. The second-order valence-electron chi connectivity index (χ2n) is 8.76. The van der Waals surface area contributed by atoms with Gasteiger partial charge in [0.1, 0.15) is 11.9 Å². The van der Waals surface area contributed by atoms with Crippen molar-refractivity contribution < 1.29 is 34.7 Å². The Labute approximate surface area is 172 Å². The predicted molar refractivity (Wildman–Crippen MR) is 106 cm³/mol. The van der Waals surface area contributed by atoms with E-state index in [1.807, 2.05) is 13.0 Å². The summed E-state index contributed by atoms with van der Waals surface area (Å²) in [7, 11) is 0. The fourth-order valence-electron chi connectivity index (χ4n) is 4.29. The first kappa shape index (κ1) is 22.4. The molecular formula is C22H34O7. The molecule has 0 saturated carbocycles. The number of rotatable bonds is 8. The Balaban J connectivity index is 1.49. The fourth-order valence-corrected chi connectivity index (χ4v) is 4.29. The predicted octanol–water partition coefficient (Wildman–Crippen LogP) is 1.80. The van der Waals surface area contributed by atoms with Crippen LogP contribution in [0.2, 0.25) is 0 Å². The van der Waals surface area contributed by atoms with E-state index in [1.54, 1.807) is 6.92 Å². The molecule has 0 unspecified atom stereocenters. The van der Waals surface area contributed by atoms with E-state index in [0.29, 0.717) is 6.42 Å². The molecule has 2 saturated heterocycles. The lowest BCUT2D eigenvalue weighted by Crippen LogP contribution is -2.51. The number of aliphatic hydroxyl groups is 4. The van der Waals surface area contributed by atoms with Crippen molar-refractivity contribution in [3.63, 3.8) is 0 Å². The van der Waals surface area contributed by atoms with Crippen LogP contribution in [0.3, 0.4) is 0 Å². The SMILES string of the molecule is C[C@H]([C@@H]1O[C@H]1C[C@H]1CO[C@@H](CC(=O)/C=C(\O)C2=CCCCC2)[C@H](O)[C@@H]1O)[C@H](C)O. The summed E-state index contributed by atoms with van der Waals surface area (Å²) >= 11 is 0. The lowest BCUT2D eigenvalue weighted by Gasteiger charge is -2.37. The molecule has 164 valence electrons. The zero-order chi connectivity index (χ0) is 21.1. The zero-order valence-electron chi connectivity index (χ0n) is 17.2. The van der Waals surface area contributed by atoms with Gasteiger partial charge in [-0.3, -0.25) is 4.79 Å². The Morgan fingerprint density at radius 2 is 2.00 bits per heavy atom. The topological polar surface area (TPSA) is 120 Å². The van der Waals surface area contributed by atoms with Gasteiger partial charge in [-0.05, 0) is 44.6 Å². The van der Waals surface area contributed by atoms with Crippen LogP contribution in [0.25, 0.3) is 0 Å². The van der Waals surface area contributed by atoms with E-state index in [1.165, 1.54) is 6.08 Å². The normalized spacial score (nSPS) is 37.6. The van der Waals surface area contributed by atoms with Crippen molar-refractivity contribution in [2.75, 3.05) is 6.61 Å². The number of epoxide rings is 1. The molecule has 3 aliphatic rings. The van der Waals surface area contributed by atoms with Crippen molar-refractivity contribution in [2.45, 2.75) is 89.0 Å². The van der Waals surface area contributed by atoms with E-state index in [9.17, 15) is 25.2 Å². The molecule has 4 N–H and O–H groups in total. The highest BCUT2D eigenvalue weighted by Crippen LogP contribution is 2.38. The summed E-state index contributed by atoms with van der Waals surface area (Å²) in [6, 6.07) is 0. The molecule has 7 heteroatoms. The molecule has 0 amide bonds. The molecule has 29 heavy (non-hydrogen) atoms. The zero-order valence-corrected chi connectivity index (χ0v) is 17.2. The minimum absolute atomic E-state index is 0.00990. The smallest absolute Gasteiger partial charge is 0.162 e. The summed E-state index contributed by atoms with van der Waals surface area (Å²) < 4.78 is 11.3. The van der Waals surface area contributed by atoms with Crippen LogP contribution in [0.1, 0.15) is 52.4 Å². The van der Waals surface area contributed by atoms with Crippen LogP contribution in [-0.2, 0) is 14.3 Å². The van der Waals surface area contributed by atoms with E-state index >= 15 is 0 Å². The molecule has 0 spiro atoms. The molecule has 0 aromatic heterocycles. The van der Waals surface area contributed by atoms with E-state index < -0.39 is 24.4 Å². The fraction of sp³-hybridized carbons (Fsp3) is 0.773. The highest BCUT2D eigenvalue weighted by Gasteiger charge is 2.48. The van der Waals surface area contributed by atoms with Crippen LogP contribution in [0.4, 0.5) is 0 Å². The van der Waals surface area contributed by atoms with Crippen LogP contribution in [0, 0.1) is 11.8 Å². The number of ether oxygens (including phenoxy) is 2. The Morgan fingerprint density at radius 1 is 1.24 bits per heavy atom. The van der Waals surface area contributed by atoms with E-state index in [0.717, 1.165) is 31.3 Å². The van der Waals surface area contributed by atoms with Crippen molar-refractivity contribution in [3.8, 4) is 0 Å². The number of hydrogen-bond acceptors (Lipinski definition) is 7. The first-order valence-electron chi connectivity index (χ1n) is 10.7. The summed E-state index contributed by atoms with van der Waals surface area (Å²) in [5.74, 6) is -0.623. The summed E-state index contributed by atoms with van der Waals surface area (Å²) in [6.07, 6.45) is 3.81. The van der Waals surface area contributed by atoms with Gasteiger partial charge in [0, 0.05) is 24.3 Å². The monoisotopic (exact) mass is 410 g/mol. The molecule has 1 aliphatic carbocycles. The molecule has 2 fully saturated rings. The van der Waals surface area contributed by atoms with Gasteiger partial charge in [-0.25, -0.2) is 0 Å². The highest BCUT2D eigenvalue weighted by atomic mass is 16.6. The number of ketones is 1. The maximum Gasteiger partial charge on any atom is 0.162 e. The van der Waals surface area contributed by atoms with Gasteiger partial charge in [0.2, 0.25) is 0 Å². The molecule has 0 bridgehead atoms. The third-order valence-corrected chi connectivity index (χ3v) is 6.49. The Hall–Kier alpha value is -1.25. The molecule has 8 atom stereocenters. The van der Waals surface area contributed by atoms with Crippen molar-refractivity contribution in [1.29, 1.82) is 0 Å². The maximum absolute atomic E-state index is 12.3. The summed E-state index contributed by atoms with van der Waals surface area (Å²) in [4.78, 5) is 12.3. The molecule has 0 radical (unpaired) electrons. The molecule has 0 aromatic carbocycles. The molecule has 0 aromatic rings. The standard InChI is InChI=1S/C22H34O7/c1-12(13(2)23)22-19(29-22)8-15-11-28-18(21(27)20(15)26)10-16(24)9-17(25)14-6-4-3-5-7-14/h6,9,12-13,15,18-23,25-27H,3-5,7-8,10-11H2,1-2H3/b17-9-/t12-,13-,15-,18-,19-,20+,21-,22-/m0/s1. The van der Waals surface area contributed by atoms with Crippen molar-refractivity contribution in [1.82, 2.24) is 0 Å². The summed E-state index contributed by atoms with van der Waals surface area (Å²) in [6.45, 7) is 3.88. The number of carbonyl (C=O) groups excluding carboxylic acids is 1. The first-order valence-corrected chi connectivity index (χ1v) is 10.7. The molecule has 2 heterocycles. The van der Waals surface area contributed by atoms with E-state index in [-0.39, 0.29) is 48.6 Å². The van der Waals surface area contributed by atoms with Gasteiger partial charge >= 0.3 is 0 Å². The molecule has 3 rings (SSSR count).